The number of hydrogen-bond acceptors (Lipinski definition) is 3. The monoisotopic (exact) mass is 238 g/mol. The van der Waals surface area contributed by atoms with E-state index in [0.717, 1.165) is 6.07 Å². The highest BCUT2D eigenvalue weighted by Crippen LogP contribution is 2.36. The van der Waals surface area contributed by atoms with Gasteiger partial charge in [0.2, 0.25) is 0 Å². The molecule has 5 heteroatoms. The highest BCUT2D eigenvalue weighted by molar-refractivity contribution is 5.61. The van der Waals surface area contributed by atoms with Gasteiger partial charge in [-0.2, -0.15) is 5.26 Å². The van der Waals surface area contributed by atoms with Gasteiger partial charge in [0, 0.05) is 25.6 Å². The summed E-state index contributed by atoms with van der Waals surface area (Å²) in [7, 11) is 1.73. The van der Waals surface area contributed by atoms with E-state index in [2.05, 4.69) is 0 Å². The van der Waals surface area contributed by atoms with Gasteiger partial charge in [0.05, 0.1) is 12.1 Å². The summed E-state index contributed by atoms with van der Waals surface area (Å²) < 4.78 is 32.0. The first-order valence-electron chi connectivity index (χ1n) is 5.35. The Balaban J connectivity index is 2.29. The molecule has 0 aromatic heterocycles. The number of nitrogens with zero attached hydrogens (tertiary/aromatic N) is 2. The fraction of sp³-hybridized carbons (Fsp3) is 0.417. The van der Waals surface area contributed by atoms with Crippen molar-refractivity contribution in [3.63, 3.8) is 0 Å². The summed E-state index contributed by atoms with van der Waals surface area (Å²) in [6.45, 7) is 0.341. The fourth-order valence-electron chi connectivity index (χ4n) is 1.98. The Morgan fingerprint density at radius 3 is 3.00 bits per heavy atom. The first kappa shape index (κ1) is 11.6. The third kappa shape index (κ3) is 2.16. The zero-order chi connectivity index (χ0) is 12.4. The second-order valence-corrected chi connectivity index (χ2v) is 4.01. The number of rotatable bonds is 2. The summed E-state index contributed by atoms with van der Waals surface area (Å²) in [5.41, 5.74) is 0.264. The highest BCUT2D eigenvalue weighted by Gasteiger charge is 2.27. The average molecular weight is 238 g/mol. The molecule has 0 spiro atoms. The minimum Gasteiger partial charge on any atom is -0.489 e. The fourth-order valence-corrected chi connectivity index (χ4v) is 1.98. The van der Waals surface area contributed by atoms with Crippen molar-refractivity contribution in [1.82, 2.24) is 0 Å². The number of fused-ring (bicyclic) bond motifs is 1. The molecule has 0 fully saturated rings. The smallest absolute Gasteiger partial charge is 0.153 e. The molecule has 90 valence electrons. The molecule has 17 heavy (non-hydrogen) atoms. The number of anilines is 1. The number of nitriles is 1. The Bertz CT molecular complexity index is 470. The molecule has 1 unspecified atom stereocenters. The van der Waals surface area contributed by atoms with Crippen LogP contribution in [0.2, 0.25) is 0 Å². The minimum atomic E-state index is -0.648. The van der Waals surface area contributed by atoms with Gasteiger partial charge in [0.1, 0.15) is 23.9 Å². The van der Waals surface area contributed by atoms with Crippen LogP contribution in [0.25, 0.3) is 0 Å². The minimum absolute atomic E-state index is 0.0536. The predicted molar refractivity (Wildman–Crippen MR) is 58.9 cm³/mol. The van der Waals surface area contributed by atoms with Crippen LogP contribution in [0.15, 0.2) is 12.1 Å². The van der Waals surface area contributed by atoms with E-state index in [1.807, 2.05) is 6.07 Å². The van der Waals surface area contributed by atoms with Crippen molar-refractivity contribution in [2.24, 2.45) is 0 Å². The largest absolute Gasteiger partial charge is 0.489 e. The molecular weight excluding hydrogens is 226 g/mol. The molecule has 2 rings (SSSR count). The molecule has 1 aromatic carbocycles. The van der Waals surface area contributed by atoms with Crippen LogP contribution in [-0.2, 0) is 0 Å². The van der Waals surface area contributed by atoms with E-state index in [1.165, 1.54) is 6.07 Å². The Morgan fingerprint density at radius 2 is 2.29 bits per heavy atom. The summed E-state index contributed by atoms with van der Waals surface area (Å²) in [4.78, 5) is 1.71. The zero-order valence-electron chi connectivity index (χ0n) is 9.41. The summed E-state index contributed by atoms with van der Waals surface area (Å²) in [5, 5.41) is 8.54. The lowest BCUT2D eigenvalue weighted by Gasteiger charge is -2.35. The van der Waals surface area contributed by atoms with Crippen LogP contribution < -0.4 is 9.64 Å². The molecule has 1 heterocycles. The number of likely N-dealkylation sites (N-methyl/N-ethyl adjacent to an activating group) is 1. The maximum Gasteiger partial charge on any atom is 0.153 e. The van der Waals surface area contributed by atoms with Crippen molar-refractivity contribution in [2.45, 2.75) is 18.9 Å². The number of benzene rings is 1. The van der Waals surface area contributed by atoms with Crippen LogP contribution in [0.4, 0.5) is 14.5 Å². The van der Waals surface area contributed by atoms with E-state index in [1.54, 1.807) is 11.9 Å². The Kier molecular flexibility index (Phi) is 3.14. The second-order valence-electron chi connectivity index (χ2n) is 4.01. The molecule has 1 aliphatic heterocycles. The van der Waals surface area contributed by atoms with Gasteiger partial charge >= 0.3 is 0 Å². The molecule has 1 atom stereocenters. The summed E-state index contributed by atoms with van der Waals surface area (Å²) in [5.74, 6) is -1.06. The van der Waals surface area contributed by atoms with Crippen molar-refractivity contribution in [3.8, 4) is 11.8 Å². The molecule has 0 radical (unpaired) electrons. The maximum absolute atomic E-state index is 13.7. The molecule has 0 N–H and O–H groups in total. The third-order valence-corrected chi connectivity index (χ3v) is 2.91. The maximum atomic E-state index is 13.7. The third-order valence-electron chi connectivity index (χ3n) is 2.91. The molecule has 0 amide bonds. The van der Waals surface area contributed by atoms with E-state index >= 15 is 0 Å². The molecular formula is C12H12F2N2O. The second kappa shape index (κ2) is 4.58. The van der Waals surface area contributed by atoms with Gasteiger partial charge in [-0.15, -0.1) is 0 Å². The van der Waals surface area contributed by atoms with E-state index in [-0.39, 0.29) is 17.5 Å². The van der Waals surface area contributed by atoms with Crippen molar-refractivity contribution in [2.75, 3.05) is 18.6 Å². The van der Waals surface area contributed by atoms with E-state index in [0.29, 0.717) is 19.4 Å². The van der Waals surface area contributed by atoms with Crippen LogP contribution in [0.5, 0.6) is 5.75 Å². The first-order chi connectivity index (χ1) is 8.13. The predicted octanol–water partition coefficient (Wildman–Crippen LogP) is 2.47. The molecule has 0 saturated heterocycles. The Morgan fingerprint density at radius 1 is 1.53 bits per heavy atom. The number of hydrogen-bond donors (Lipinski definition) is 0. The van der Waals surface area contributed by atoms with Gasteiger partial charge in [-0.1, -0.05) is 0 Å². The van der Waals surface area contributed by atoms with Gasteiger partial charge in [-0.25, -0.2) is 8.78 Å². The molecule has 0 saturated carbocycles. The molecule has 1 aliphatic rings. The normalized spacial score (nSPS) is 18.2. The van der Waals surface area contributed by atoms with Crippen molar-refractivity contribution in [1.29, 1.82) is 5.26 Å². The van der Waals surface area contributed by atoms with Crippen molar-refractivity contribution in [3.05, 3.63) is 23.8 Å². The van der Waals surface area contributed by atoms with Gasteiger partial charge in [-0.3, -0.25) is 0 Å². The van der Waals surface area contributed by atoms with Gasteiger partial charge < -0.3 is 9.64 Å². The summed E-state index contributed by atoms with van der Waals surface area (Å²) in [6, 6.07) is 4.01. The summed E-state index contributed by atoms with van der Waals surface area (Å²) >= 11 is 0. The van der Waals surface area contributed by atoms with Gasteiger partial charge in [0.15, 0.2) is 5.82 Å². The quantitative estimate of drug-likeness (QED) is 0.794. The lowest BCUT2D eigenvalue weighted by molar-refractivity contribution is 0.256. The van der Waals surface area contributed by atoms with E-state index in [4.69, 9.17) is 10.00 Å². The van der Waals surface area contributed by atoms with Gasteiger partial charge in [0.25, 0.3) is 0 Å². The Labute approximate surface area is 98.2 Å². The van der Waals surface area contributed by atoms with E-state index in [9.17, 15) is 8.78 Å². The van der Waals surface area contributed by atoms with Crippen LogP contribution in [-0.4, -0.2) is 19.7 Å². The lowest BCUT2D eigenvalue weighted by atomic mass is 10.1. The van der Waals surface area contributed by atoms with Crippen molar-refractivity contribution >= 4 is 5.69 Å². The number of halogens is 2. The zero-order valence-corrected chi connectivity index (χ0v) is 9.41. The topological polar surface area (TPSA) is 36.3 Å². The van der Waals surface area contributed by atoms with E-state index < -0.39 is 11.6 Å². The Hall–Kier alpha value is -1.83. The highest BCUT2D eigenvalue weighted by atomic mass is 19.1. The van der Waals surface area contributed by atoms with Crippen molar-refractivity contribution < 1.29 is 13.5 Å². The molecule has 0 aliphatic carbocycles. The SMILES string of the molecule is CN1c2c(F)cc(F)cc2OCC1CCC#N. The standard InChI is InChI=1S/C12H12F2N2O/c1-16-9(3-2-4-15)7-17-11-6-8(13)5-10(14)12(11)16/h5-6,9H,2-3,7H2,1H3. The van der Waals surface area contributed by atoms with Crippen LogP contribution in [0, 0.1) is 23.0 Å². The molecule has 1 aromatic rings. The molecule has 0 bridgehead atoms. The van der Waals surface area contributed by atoms with Crippen LogP contribution >= 0.6 is 0 Å². The van der Waals surface area contributed by atoms with Gasteiger partial charge in [-0.05, 0) is 6.42 Å². The molecule has 3 nitrogen and oxygen atoms in total. The van der Waals surface area contributed by atoms with Crippen LogP contribution in [0.3, 0.4) is 0 Å². The average Bonchev–Trinajstić information content (AvgIpc) is 2.27. The van der Waals surface area contributed by atoms with Crippen LogP contribution in [0.1, 0.15) is 12.8 Å². The number of ether oxygens (including phenoxy) is 1. The first-order valence-corrected chi connectivity index (χ1v) is 5.35. The summed E-state index contributed by atoms with van der Waals surface area (Å²) in [6.07, 6.45) is 0.986. The lowest BCUT2D eigenvalue weighted by Crippen LogP contribution is -2.40.